The summed E-state index contributed by atoms with van der Waals surface area (Å²) in [6.07, 6.45) is 3.64. The van der Waals surface area contributed by atoms with Gasteiger partial charge in [-0.2, -0.15) is 0 Å². The standard InChI is InChI=1S/C13H17ClN2O3/c14-13-5-4-11(16(17)18)7-10(13)8-15-9-12-3-1-2-6-19-12/h4-5,7,12,15H,1-3,6,8-9H2. The molecule has 2 rings (SSSR count). The number of nitrogens with one attached hydrogen (secondary N) is 1. The van der Waals surface area contributed by atoms with E-state index in [0.29, 0.717) is 11.6 Å². The minimum Gasteiger partial charge on any atom is -0.377 e. The van der Waals surface area contributed by atoms with Gasteiger partial charge in [0, 0.05) is 36.9 Å². The summed E-state index contributed by atoms with van der Waals surface area (Å²) in [6, 6.07) is 4.49. The highest BCUT2D eigenvalue weighted by Crippen LogP contribution is 2.22. The zero-order valence-corrected chi connectivity index (χ0v) is 11.4. The summed E-state index contributed by atoms with van der Waals surface area (Å²) < 4.78 is 5.60. The lowest BCUT2D eigenvalue weighted by atomic mass is 10.1. The zero-order valence-electron chi connectivity index (χ0n) is 10.6. The van der Waals surface area contributed by atoms with Crippen LogP contribution >= 0.6 is 11.6 Å². The van der Waals surface area contributed by atoms with Crippen molar-refractivity contribution in [2.24, 2.45) is 0 Å². The molecule has 0 amide bonds. The zero-order chi connectivity index (χ0) is 13.7. The topological polar surface area (TPSA) is 64.4 Å². The van der Waals surface area contributed by atoms with Crippen molar-refractivity contribution in [2.75, 3.05) is 13.2 Å². The molecule has 19 heavy (non-hydrogen) atoms. The Bertz CT molecular complexity index is 448. The molecule has 1 aliphatic heterocycles. The van der Waals surface area contributed by atoms with E-state index >= 15 is 0 Å². The van der Waals surface area contributed by atoms with Gasteiger partial charge in [-0.3, -0.25) is 10.1 Å². The number of nitro benzene ring substituents is 1. The summed E-state index contributed by atoms with van der Waals surface area (Å²) in [6.45, 7) is 2.09. The van der Waals surface area contributed by atoms with Crippen molar-refractivity contribution >= 4 is 17.3 Å². The van der Waals surface area contributed by atoms with Crippen LogP contribution in [-0.2, 0) is 11.3 Å². The summed E-state index contributed by atoms with van der Waals surface area (Å²) in [4.78, 5) is 10.3. The van der Waals surface area contributed by atoms with E-state index in [9.17, 15) is 10.1 Å². The van der Waals surface area contributed by atoms with Crippen molar-refractivity contribution in [3.8, 4) is 0 Å². The van der Waals surface area contributed by atoms with Crippen LogP contribution in [0.5, 0.6) is 0 Å². The molecule has 1 unspecified atom stereocenters. The molecule has 0 aliphatic carbocycles. The number of non-ortho nitro benzene ring substituents is 1. The first kappa shape index (κ1) is 14.2. The monoisotopic (exact) mass is 284 g/mol. The number of halogens is 1. The quantitative estimate of drug-likeness (QED) is 0.667. The predicted octanol–water partition coefficient (Wildman–Crippen LogP) is 2.91. The van der Waals surface area contributed by atoms with Crippen LogP contribution in [0.25, 0.3) is 0 Å². The maximum absolute atomic E-state index is 10.7. The highest BCUT2D eigenvalue weighted by Gasteiger charge is 2.14. The Kier molecular flexibility index (Phi) is 5.13. The largest absolute Gasteiger partial charge is 0.377 e. The number of nitro groups is 1. The van der Waals surface area contributed by atoms with Gasteiger partial charge in [0.2, 0.25) is 0 Å². The van der Waals surface area contributed by atoms with Crippen molar-refractivity contribution in [2.45, 2.75) is 31.9 Å². The molecule has 0 aromatic heterocycles. The third kappa shape index (κ3) is 4.16. The van der Waals surface area contributed by atoms with E-state index < -0.39 is 4.92 Å². The summed E-state index contributed by atoms with van der Waals surface area (Å²) in [7, 11) is 0. The molecule has 0 radical (unpaired) electrons. The fraction of sp³-hybridized carbons (Fsp3) is 0.538. The first-order valence-corrected chi connectivity index (χ1v) is 6.80. The van der Waals surface area contributed by atoms with Crippen LogP contribution in [0.2, 0.25) is 5.02 Å². The van der Waals surface area contributed by atoms with Crippen LogP contribution in [-0.4, -0.2) is 24.2 Å². The summed E-state index contributed by atoms with van der Waals surface area (Å²) in [5.74, 6) is 0. The molecule has 1 N–H and O–H groups in total. The second kappa shape index (κ2) is 6.84. The highest BCUT2D eigenvalue weighted by atomic mass is 35.5. The minimum atomic E-state index is -0.413. The number of nitrogens with zero attached hydrogens (tertiary/aromatic N) is 1. The van der Waals surface area contributed by atoms with Crippen molar-refractivity contribution < 1.29 is 9.66 Å². The molecule has 0 saturated carbocycles. The molecular weight excluding hydrogens is 268 g/mol. The minimum absolute atomic E-state index is 0.0649. The van der Waals surface area contributed by atoms with Gasteiger partial charge in [0.05, 0.1) is 11.0 Å². The third-order valence-electron chi connectivity index (χ3n) is 3.20. The number of hydrogen-bond donors (Lipinski definition) is 1. The van der Waals surface area contributed by atoms with Gasteiger partial charge in [0.1, 0.15) is 0 Å². The molecule has 1 aromatic rings. The van der Waals surface area contributed by atoms with Crippen LogP contribution in [0.1, 0.15) is 24.8 Å². The molecule has 1 aliphatic rings. The molecule has 0 bridgehead atoms. The Labute approximate surface area is 117 Å². The number of benzene rings is 1. The summed E-state index contributed by atoms with van der Waals surface area (Å²) >= 11 is 6.03. The molecule has 104 valence electrons. The van der Waals surface area contributed by atoms with E-state index in [0.717, 1.165) is 31.6 Å². The van der Waals surface area contributed by atoms with Crippen LogP contribution in [0.15, 0.2) is 18.2 Å². The van der Waals surface area contributed by atoms with Gasteiger partial charge in [-0.15, -0.1) is 0 Å². The lowest BCUT2D eigenvalue weighted by Gasteiger charge is -2.22. The predicted molar refractivity (Wildman–Crippen MR) is 73.4 cm³/mol. The molecule has 1 aromatic carbocycles. The smallest absolute Gasteiger partial charge is 0.269 e. The second-order valence-corrected chi connectivity index (χ2v) is 5.06. The number of hydrogen-bond acceptors (Lipinski definition) is 4. The van der Waals surface area contributed by atoms with Gasteiger partial charge < -0.3 is 10.1 Å². The van der Waals surface area contributed by atoms with Gasteiger partial charge >= 0.3 is 0 Å². The lowest BCUT2D eigenvalue weighted by Crippen LogP contribution is -2.31. The average molecular weight is 285 g/mol. The van der Waals surface area contributed by atoms with E-state index in [4.69, 9.17) is 16.3 Å². The summed E-state index contributed by atoms with van der Waals surface area (Å²) in [5, 5.41) is 14.5. The molecule has 1 heterocycles. The number of ether oxygens (including phenoxy) is 1. The normalized spacial score (nSPS) is 19.3. The molecule has 5 nitrogen and oxygen atoms in total. The first-order chi connectivity index (χ1) is 9.16. The van der Waals surface area contributed by atoms with Gasteiger partial charge in [-0.25, -0.2) is 0 Å². The molecule has 1 saturated heterocycles. The fourth-order valence-electron chi connectivity index (χ4n) is 2.15. The van der Waals surface area contributed by atoms with Crippen LogP contribution in [0.4, 0.5) is 5.69 Å². The van der Waals surface area contributed by atoms with Crippen LogP contribution < -0.4 is 5.32 Å². The molecule has 6 heteroatoms. The van der Waals surface area contributed by atoms with E-state index in [2.05, 4.69) is 5.32 Å². The highest BCUT2D eigenvalue weighted by molar-refractivity contribution is 6.31. The maximum atomic E-state index is 10.7. The second-order valence-electron chi connectivity index (χ2n) is 4.65. The third-order valence-corrected chi connectivity index (χ3v) is 3.57. The maximum Gasteiger partial charge on any atom is 0.269 e. The molecule has 0 spiro atoms. The van der Waals surface area contributed by atoms with Gasteiger partial charge in [0.25, 0.3) is 5.69 Å². The Hall–Kier alpha value is -1.17. The van der Waals surface area contributed by atoms with Gasteiger partial charge in [-0.1, -0.05) is 11.6 Å². The Morgan fingerprint density at radius 2 is 2.32 bits per heavy atom. The molecule has 1 fully saturated rings. The van der Waals surface area contributed by atoms with Crippen molar-refractivity contribution in [1.82, 2.24) is 5.32 Å². The van der Waals surface area contributed by atoms with E-state index in [1.807, 2.05) is 0 Å². The van der Waals surface area contributed by atoms with Crippen molar-refractivity contribution in [3.05, 3.63) is 38.9 Å². The fourth-order valence-corrected chi connectivity index (χ4v) is 2.33. The Morgan fingerprint density at radius 1 is 1.47 bits per heavy atom. The van der Waals surface area contributed by atoms with Crippen molar-refractivity contribution in [1.29, 1.82) is 0 Å². The van der Waals surface area contributed by atoms with Crippen LogP contribution in [0, 0.1) is 10.1 Å². The average Bonchev–Trinajstić information content (AvgIpc) is 2.42. The van der Waals surface area contributed by atoms with Gasteiger partial charge in [0.15, 0.2) is 0 Å². The van der Waals surface area contributed by atoms with E-state index in [1.54, 1.807) is 6.07 Å². The Balaban J connectivity index is 1.87. The number of rotatable bonds is 5. The first-order valence-electron chi connectivity index (χ1n) is 6.42. The Morgan fingerprint density at radius 3 is 3.00 bits per heavy atom. The van der Waals surface area contributed by atoms with E-state index in [1.165, 1.54) is 18.6 Å². The van der Waals surface area contributed by atoms with E-state index in [-0.39, 0.29) is 11.8 Å². The van der Waals surface area contributed by atoms with Crippen LogP contribution in [0.3, 0.4) is 0 Å². The van der Waals surface area contributed by atoms with Gasteiger partial charge in [-0.05, 0) is 30.9 Å². The SMILES string of the molecule is O=[N+]([O-])c1ccc(Cl)c(CNCC2CCCCO2)c1. The summed E-state index contributed by atoms with van der Waals surface area (Å²) in [5.41, 5.74) is 0.807. The molecular formula is C13H17ClN2O3. The van der Waals surface area contributed by atoms with Crippen molar-refractivity contribution in [3.63, 3.8) is 0 Å². The lowest BCUT2D eigenvalue weighted by molar-refractivity contribution is -0.384. The molecule has 1 atom stereocenters.